The molecule has 0 aliphatic carbocycles. The molecule has 1 aliphatic rings. The van der Waals surface area contributed by atoms with Crippen LogP contribution in [0.25, 0.3) is 0 Å². The van der Waals surface area contributed by atoms with E-state index in [0.717, 1.165) is 0 Å². The molecule has 1 rings (SSSR count). The van der Waals surface area contributed by atoms with E-state index in [1.807, 2.05) is 12.2 Å². The maximum Gasteiger partial charge on any atom is 0.417 e. The van der Waals surface area contributed by atoms with Gasteiger partial charge in [0.15, 0.2) is 0 Å². The Bertz CT molecular complexity index is 229. The Hall–Kier alpha value is -1.25. The first kappa shape index (κ1) is 9.84. The molecule has 0 radical (unpaired) electrons. The Morgan fingerprint density at radius 3 is 2.31 bits per heavy atom. The lowest BCUT2D eigenvalue weighted by atomic mass is 9.95. The lowest BCUT2D eigenvalue weighted by Gasteiger charge is -2.20. The van der Waals surface area contributed by atoms with Crippen LogP contribution in [0.4, 0.5) is 4.79 Å². The summed E-state index contributed by atoms with van der Waals surface area (Å²) in [5.74, 6) is 0.980. The average Bonchev–Trinajstić information content (AvgIpc) is 2.17. The molecule has 1 amide bonds. The number of methoxy groups -OCH3 is 1. The number of carbonyl (C=O) groups is 1. The Balaban J connectivity index is 2.58. The number of nitrogens with zero attached hydrogens (tertiary/aromatic N) is 1. The van der Waals surface area contributed by atoms with E-state index in [-0.39, 0.29) is 6.09 Å². The first-order valence-corrected chi connectivity index (χ1v) is 4.38. The van der Waals surface area contributed by atoms with Gasteiger partial charge in [0.05, 0.1) is 7.11 Å². The highest BCUT2D eigenvalue weighted by atomic mass is 16.5. The normalized spacial score (nSPS) is 16.8. The van der Waals surface area contributed by atoms with Crippen LogP contribution in [-0.2, 0) is 4.74 Å². The van der Waals surface area contributed by atoms with Crippen LogP contribution in [0.2, 0.25) is 0 Å². The van der Waals surface area contributed by atoms with Crippen LogP contribution in [0, 0.1) is 11.8 Å². The summed E-state index contributed by atoms with van der Waals surface area (Å²) in [6, 6.07) is 0. The molecule has 0 atom stereocenters. The molecule has 1 heterocycles. The van der Waals surface area contributed by atoms with Gasteiger partial charge in [-0.2, -0.15) is 0 Å². The van der Waals surface area contributed by atoms with Crippen LogP contribution in [0.5, 0.6) is 0 Å². The van der Waals surface area contributed by atoms with Crippen molar-refractivity contribution in [2.24, 2.45) is 11.8 Å². The van der Waals surface area contributed by atoms with Gasteiger partial charge in [-0.1, -0.05) is 26.0 Å². The maximum atomic E-state index is 11.0. The minimum absolute atomic E-state index is 0.352. The van der Waals surface area contributed by atoms with Crippen molar-refractivity contribution < 1.29 is 9.53 Å². The van der Waals surface area contributed by atoms with E-state index in [9.17, 15) is 4.79 Å². The summed E-state index contributed by atoms with van der Waals surface area (Å²) in [5, 5.41) is 0. The van der Waals surface area contributed by atoms with Gasteiger partial charge in [0.2, 0.25) is 0 Å². The fourth-order valence-corrected chi connectivity index (χ4v) is 1.17. The van der Waals surface area contributed by atoms with Crippen LogP contribution < -0.4 is 0 Å². The largest absolute Gasteiger partial charge is 0.452 e. The summed E-state index contributed by atoms with van der Waals surface area (Å²) in [5.41, 5.74) is 0. The standard InChI is InChI=1S/C10H15NO2/c1-8(2)9-4-6-11(7-5-9)10(12)13-3/h4-9H,1-3H3. The van der Waals surface area contributed by atoms with Crippen LogP contribution in [0.1, 0.15) is 13.8 Å². The molecule has 0 aromatic carbocycles. The summed E-state index contributed by atoms with van der Waals surface area (Å²) in [6.07, 6.45) is 7.14. The molecule has 0 fully saturated rings. The molecule has 0 spiro atoms. The number of allylic oxidation sites excluding steroid dienone is 2. The van der Waals surface area contributed by atoms with Gasteiger partial charge in [-0.15, -0.1) is 0 Å². The highest BCUT2D eigenvalue weighted by Crippen LogP contribution is 2.18. The zero-order valence-electron chi connectivity index (χ0n) is 8.23. The van der Waals surface area contributed by atoms with Gasteiger partial charge in [-0.3, -0.25) is 4.90 Å². The van der Waals surface area contributed by atoms with Crippen LogP contribution in [0.15, 0.2) is 24.6 Å². The molecule has 3 heteroatoms. The monoisotopic (exact) mass is 181 g/mol. The Morgan fingerprint density at radius 1 is 1.38 bits per heavy atom. The van der Waals surface area contributed by atoms with Gasteiger partial charge in [0.1, 0.15) is 0 Å². The van der Waals surface area contributed by atoms with Gasteiger partial charge in [-0.25, -0.2) is 4.79 Å². The third-order valence-corrected chi connectivity index (χ3v) is 2.09. The fraction of sp³-hybridized carbons (Fsp3) is 0.500. The number of carbonyl (C=O) groups excluding carboxylic acids is 1. The van der Waals surface area contributed by atoms with Gasteiger partial charge in [0, 0.05) is 18.3 Å². The molecule has 0 bridgehead atoms. The quantitative estimate of drug-likeness (QED) is 0.621. The number of amides is 1. The molecule has 3 nitrogen and oxygen atoms in total. The second kappa shape index (κ2) is 4.12. The number of hydrogen-bond donors (Lipinski definition) is 0. The molecule has 72 valence electrons. The van der Waals surface area contributed by atoms with Crippen molar-refractivity contribution in [2.45, 2.75) is 13.8 Å². The maximum absolute atomic E-state index is 11.0. The molecule has 1 aliphatic heterocycles. The van der Waals surface area contributed by atoms with E-state index in [0.29, 0.717) is 11.8 Å². The molecule has 13 heavy (non-hydrogen) atoms. The van der Waals surface area contributed by atoms with E-state index in [1.165, 1.54) is 12.0 Å². The van der Waals surface area contributed by atoms with E-state index in [4.69, 9.17) is 0 Å². The second-order valence-corrected chi connectivity index (χ2v) is 3.38. The molecule has 0 unspecified atom stereocenters. The first-order chi connectivity index (χ1) is 6.15. The zero-order chi connectivity index (χ0) is 9.84. The molecular formula is C10H15NO2. The summed E-state index contributed by atoms with van der Waals surface area (Å²) in [4.78, 5) is 12.5. The Morgan fingerprint density at radius 2 is 1.92 bits per heavy atom. The smallest absolute Gasteiger partial charge is 0.417 e. The first-order valence-electron chi connectivity index (χ1n) is 4.38. The van der Waals surface area contributed by atoms with E-state index >= 15 is 0 Å². The van der Waals surface area contributed by atoms with Crippen LogP contribution >= 0.6 is 0 Å². The molecule has 0 saturated carbocycles. The van der Waals surface area contributed by atoms with Crippen molar-refractivity contribution in [2.75, 3.05) is 7.11 Å². The van der Waals surface area contributed by atoms with Crippen molar-refractivity contribution in [1.82, 2.24) is 4.90 Å². The van der Waals surface area contributed by atoms with Gasteiger partial charge >= 0.3 is 6.09 Å². The fourth-order valence-electron chi connectivity index (χ4n) is 1.17. The van der Waals surface area contributed by atoms with Crippen LogP contribution in [0.3, 0.4) is 0 Å². The number of ether oxygens (including phenoxy) is 1. The predicted molar refractivity (Wildman–Crippen MR) is 50.9 cm³/mol. The van der Waals surface area contributed by atoms with Crippen molar-refractivity contribution in [3.8, 4) is 0 Å². The van der Waals surface area contributed by atoms with Crippen molar-refractivity contribution in [3.05, 3.63) is 24.6 Å². The SMILES string of the molecule is COC(=O)N1C=CC(C(C)C)C=C1. The molecule has 0 aromatic heterocycles. The van der Waals surface area contributed by atoms with E-state index < -0.39 is 0 Å². The summed E-state index contributed by atoms with van der Waals surface area (Å²) in [7, 11) is 1.37. The minimum atomic E-state index is -0.352. The van der Waals surface area contributed by atoms with Crippen molar-refractivity contribution >= 4 is 6.09 Å². The van der Waals surface area contributed by atoms with Gasteiger partial charge < -0.3 is 4.74 Å². The highest BCUT2D eigenvalue weighted by Gasteiger charge is 2.14. The molecule has 0 saturated heterocycles. The lowest BCUT2D eigenvalue weighted by molar-refractivity contribution is 0.151. The topological polar surface area (TPSA) is 29.5 Å². The zero-order valence-corrected chi connectivity index (χ0v) is 8.23. The molecule has 0 N–H and O–H groups in total. The molecule has 0 aromatic rings. The summed E-state index contributed by atoms with van der Waals surface area (Å²) < 4.78 is 4.57. The lowest BCUT2D eigenvalue weighted by Crippen LogP contribution is -2.23. The summed E-state index contributed by atoms with van der Waals surface area (Å²) >= 11 is 0. The van der Waals surface area contributed by atoms with E-state index in [2.05, 4.69) is 18.6 Å². The van der Waals surface area contributed by atoms with Gasteiger partial charge in [0.25, 0.3) is 0 Å². The molecular weight excluding hydrogens is 166 g/mol. The second-order valence-electron chi connectivity index (χ2n) is 3.38. The summed E-state index contributed by atoms with van der Waals surface area (Å²) in [6.45, 7) is 4.29. The highest BCUT2D eigenvalue weighted by molar-refractivity contribution is 5.70. The minimum Gasteiger partial charge on any atom is -0.452 e. The van der Waals surface area contributed by atoms with Crippen molar-refractivity contribution in [3.63, 3.8) is 0 Å². The predicted octanol–water partition coefficient (Wildman–Crippen LogP) is 2.37. The average molecular weight is 181 g/mol. The number of hydrogen-bond acceptors (Lipinski definition) is 2. The Labute approximate surface area is 78.7 Å². The van der Waals surface area contributed by atoms with E-state index in [1.54, 1.807) is 12.4 Å². The van der Waals surface area contributed by atoms with Crippen LogP contribution in [-0.4, -0.2) is 18.1 Å². The third kappa shape index (κ3) is 2.34. The van der Waals surface area contributed by atoms with Gasteiger partial charge in [-0.05, 0) is 5.92 Å². The third-order valence-electron chi connectivity index (χ3n) is 2.09. The number of rotatable bonds is 1. The Kier molecular flexibility index (Phi) is 3.12. The van der Waals surface area contributed by atoms with Crippen molar-refractivity contribution in [1.29, 1.82) is 0 Å².